The summed E-state index contributed by atoms with van der Waals surface area (Å²) in [5, 5.41) is 24.8. The van der Waals surface area contributed by atoms with Gasteiger partial charge in [0.15, 0.2) is 11.3 Å². The minimum atomic E-state index is -4.65. The summed E-state index contributed by atoms with van der Waals surface area (Å²) < 4.78 is 118. The van der Waals surface area contributed by atoms with Crippen molar-refractivity contribution in [3.63, 3.8) is 0 Å². The molecule has 432 valence electrons. The molecule has 0 aliphatic carbocycles. The number of nitrogens with one attached hydrogen (secondary N) is 2. The molecule has 1 amide bonds. The highest BCUT2D eigenvalue weighted by atomic mass is 32.2. The van der Waals surface area contributed by atoms with Gasteiger partial charge in [-0.1, -0.05) is 107 Å². The summed E-state index contributed by atoms with van der Waals surface area (Å²) in [6.07, 6.45) is -2.69. The summed E-state index contributed by atoms with van der Waals surface area (Å²) >= 11 is 0. The third-order valence-electron chi connectivity index (χ3n) is 14.2. The number of aromatic nitrogens is 1. The highest BCUT2D eigenvalue weighted by Gasteiger charge is 2.45. The van der Waals surface area contributed by atoms with Gasteiger partial charge in [-0.15, -0.1) is 0 Å². The fourth-order valence-corrected chi connectivity index (χ4v) is 12.8. The van der Waals surface area contributed by atoms with E-state index in [2.05, 4.69) is 15.0 Å². The van der Waals surface area contributed by atoms with E-state index in [1.165, 1.54) is 40.7 Å². The zero-order valence-corrected chi connectivity index (χ0v) is 46.7. The Morgan fingerprint density at radius 2 is 1.59 bits per heavy atom. The Balaban J connectivity index is 0.000000232. The molecule has 1 aromatic heterocycles. The van der Waals surface area contributed by atoms with Gasteiger partial charge < -0.3 is 40.2 Å². The zero-order valence-electron chi connectivity index (χ0n) is 45.1. The highest BCUT2D eigenvalue weighted by molar-refractivity contribution is 7.92. The summed E-state index contributed by atoms with van der Waals surface area (Å²) in [4.78, 5) is 29.9. The van der Waals surface area contributed by atoms with Crippen LogP contribution in [0.25, 0.3) is 0 Å². The van der Waals surface area contributed by atoms with E-state index in [9.17, 15) is 49.8 Å². The summed E-state index contributed by atoms with van der Waals surface area (Å²) in [6, 6.07) is 32.1. The first-order chi connectivity index (χ1) is 38.0. The number of hydrogen-bond acceptors (Lipinski definition) is 14. The SMILES string of the molecule is CC(C)CN(C[C@@H](O)[C@H](Cc1ccccc1)NC(=O)O[C@H]1CO[C@H]2OCC[C@H]21)S(=O)(=O)c1ccc(N)cc1.CCC[C@@]1(CCc2ccccc2)CC(O)=C([C@H](CC)c2cccc(NS(=O)(=O)c3ccc(C(F)(F)F)cn3)c2)C(=O)O1. The number of aliphatic hydroxyl groups is 2. The molecule has 0 spiro atoms. The van der Waals surface area contributed by atoms with Crippen molar-refractivity contribution in [2.24, 2.45) is 11.8 Å². The summed E-state index contributed by atoms with van der Waals surface area (Å²) in [5.41, 5.74) is 7.09. The molecule has 0 unspecified atom stereocenters. The average Bonchev–Trinajstić information content (AvgIpc) is 4.08. The molecule has 22 heteroatoms. The number of nitrogens with zero attached hydrogens (tertiary/aromatic N) is 2. The van der Waals surface area contributed by atoms with Crippen LogP contribution < -0.4 is 15.8 Å². The quantitative estimate of drug-likeness (QED) is 0.0320. The fourth-order valence-electron chi connectivity index (χ4n) is 10.2. The van der Waals surface area contributed by atoms with E-state index >= 15 is 0 Å². The highest BCUT2D eigenvalue weighted by Crippen LogP contribution is 2.42. The summed E-state index contributed by atoms with van der Waals surface area (Å²) in [5.74, 6) is -1.25. The predicted octanol–water partition coefficient (Wildman–Crippen LogP) is 9.70. The number of aryl methyl sites for hydroxylation is 1. The van der Waals surface area contributed by atoms with Crippen molar-refractivity contribution >= 4 is 43.5 Å². The fraction of sp³-hybridized carbons (Fsp3) is 0.431. The van der Waals surface area contributed by atoms with Crippen molar-refractivity contribution in [2.75, 3.05) is 36.8 Å². The largest absolute Gasteiger partial charge is 0.512 e. The van der Waals surface area contributed by atoms with Crippen molar-refractivity contribution in [1.29, 1.82) is 0 Å². The van der Waals surface area contributed by atoms with Crippen LogP contribution in [0.4, 0.5) is 29.3 Å². The Kier molecular flexibility index (Phi) is 20.5. The lowest BCUT2D eigenvalue weighted by Crippen LogP contribution is -2.51. The normalized spacial score (nSPS) is 20.5. The Morgan fingerprint density at radius 3 is 2.20 bits per heavy atom. The maximum Gasteiger partial charge on any atom is 0.417 e. The number of anilines is 2. The molecule has 8 rings (SSSR count). The van der Waals surface area contributed by atoms with Crippen LogP contribution in [0.5, 0.6) is 0 Å². The monoisotopic (exact) mass is 1150 g/mol. The number of aliphatic hydroxyl groups excluding tert-OH is 2. The zero-order chi connectivity index (χ0) is 57.8. The number of esters is 1. The molecular formula is C58H70F3N5O12S2. The van der Waals surface area contributed by atoms with Gasteiger partial charge in [0.1, 0.15) is 17.5 Å². The minimum Gasteiger partial charge on any atom is -0.512 e. The number of ether oxygens (including phenoxy) is 4. The van der Waals surface area contributed by atoms with Crippen LogP contribution >= 0.6 is 0 Å². The number of halogens is 3. The number of nitrogen functional groups attached to an aromatic ring is 1. The maximum atomic E-state index is 13.5. The van der Waals surface area contributed by atoms with E-state index < -0.39 is 78.6 Å². The Bertz CT molecular complexity index is 3120. The molecule has 2 fully saturated rings. The van der Waals surface area contributed by atoms with Crippen LogP contribution in [0.1, 0.15) is 94.4 Å². The van der Waals surface area contributed by atoms with Crippen LogP contribution in [0.2, 0.25) is 0 Å². The first-order valence-corrected chi connectivity index (χ1v) is 29.6. The molecule has 0 saturated carbocycles. The second-order valence-corrected chi connectivity index (χ2v) is 24.2. The van der Waals surface area contributed by atoms with Gasteiger partial charge in [0, 0.05) is 43.0 Å². The third-order valence-corrected chi connectivity index (χ3v) is 17.3. The van der Waals surface area contributed by atoms with Crippen molar-refractivity contribution < 1.29 is 68.8 Å². The summed E-state index contributed by atoms with van der Waals surface area (Å²) in [7, 11) is -8.23. The van der Waals surface area contributed by atoms with Crippen LogP contribution in [-0.2, 0) is 62.8 Å². The van der Waals surface area contributed by atoms with E-state index in [0.717, 1.165) is 30.0 Å². The molecular weight excluding hydrogens is 1080 g/mol. The van der Waals surface area contributed by atoms with E-state index in [-0.39, 0.29) is 72.6 Å². The molecule has 17 nitrogen and oxygen atoms in total. The number of fused-ring (bicyclic) bond motifs is 1. The van der Waals surface area contributed by atoms with E-state index in [4.69, 9.17) is 24.7 Å². The molecule has 3 aliphatic rings. The van der Waals surface area contributed by atoms with Crippen molar-refractivity contribution in [1.82, 2.24) is 14.6 Å². The van der Waals surface area contributed by atoms with Gasteiger partial charge in [-0.2, -0.15) is 25.9 Å². The van der Waals surface area contributed by atoms with Gasteiger partial charge in [0.05, 0.1) is 47.3 Å². The number of pyridine rings is 1. The van der Waals surface area contributed by atoms with Crippen molar-refractivity contribution in [2.45, 2.75) is 131 Å². The van der Waals surface area contributed by atoms with E-state index in [1.54, 1.807) is 12.1 Å². The average molecular weight is 1150 g/mol. The lowest BCUT2D eigenvalue weighted by molar-refractivity contribution is -0.161. The number of alkyl halides is 3. The number of carbonyl (C=O) groups excluding carboxylic acids is 2. The standard InChI is InChI=1S/C31H33F3N2O5S.C27H37N3O7S/c1-3-16-30(17-15-21-9-6-5-7-10-21)19-26(37)28(29(38)41-30)25(4-2)22-11-8-12-24(18-22)36-42(39,40)27-14-13-23(20-35-27)31(32,33)34;1-18(2)15-30(38(33,34)21-10-8-20(28)9-11-21)16-24(31)23(14-19-6-4-3-5-7-19)29-27(32)37-25-17-36-26-22(25)12-13-35-26/h5-14,18,20,25,36-37H,3-4,15-17,19H2,1-2H3;3-11,18,22-26,31H,12-17,28H2,1-2H3,(H,29,32)/t25-,30-;22-,23-,24+,25-,26+/m10/s1. The Hall–Kier alpha value is -6.56. The lowest BCUT2D eigenvalue weighted by atomic mass is 9.80. The predicted molar refractivity (Wildman–Crippen MR) is 294 cm³/mol. The maximum absolute atomic E-state index is 13.5. The summed E-state index contributed by atoms with van der Waals surface area (Å²) in [6.45, 7) is 8.41. The van der Waals surface area contributed by atoms with Gasteiger partial charge in [0.25, 0.3) is 10.0 Å². The number of rotatable bonds is 22. The van der Waals surface area contributed by atoms with E-state index in [1.807, 2.05) is 88.4 Å². The topological polar surface area (TPSA) is 246 Å². The Morgan fingerprint density at radius 1 is 0.900 bits per heavy atom. The third kappa shape index (κ3) is 15.9. The number of carbonyl (C=O) groups is 2. The number of nitrogens with two attached hydrogens (primary N) is 1. The molecule has 3 aliphatic heterocycles. The molecule has 4 aromatic carbocycles. The molecule has 5 aromatic rings. The first-order valence-electron chi connectivity index (χ1n) is 26.6. The molecule has 7 atom stereocenters. The minimum absolute atomic E-state index is 0.000183. The second-order valence-electron chi connectivity index (χ2n) is 20.7. The van der Waals surface area contributed by atoms with Gasteiger partial charge in [-0.3, -0.25) is 4.72 Å². The lowest BCUT2D eigenvalue weighted by Gasteiger charge is -2.38. The number of amides is 1. The van der Waals surface area contributed by atoms with Crippen LogP contribution in [0.15, 0.2) is 149 Å². The van der Waals surface area contributed by atoms with Crippen LogP contribution in [0, 0.1) is 11.8 Å². The molecule has 4 heterocycles. The van der Waals surface area contributed by atoms with Crippen molar-refractivity contribution in [3.05, 3.63) is 161 Å². The number of cyclic esters (lactones) is 1. The molecule has 80 heavy (non-hydrogen) atoms. The number of alkyl carbamates (subject to hydrolysis) is 1. The van der Waals surface area contributed by atoms with Crippen LogP contribution in [-0.4, -0.2) is 105 Å². The molecule has 0 radical (unpaired) electrons. The molecule has 0 bridgehead atoms. The first kappa shape index (κ1) is 61.1. The van der Waals surface area contributed by atoms with Crippen LogP contribution in [0.3, 0.4) is 0 Å². The molecule has 2 saturated heterocycles. The second kappa shape index (κ2) is 26.8. The number of hydrogen-bond donors (Lipinski definition) is 5. The van der Waals surface area contributed by atoms with Gasteiger partial charge in [-0.05, 0) is 110 Å². The number of benzene rings is 4. The van der Waals surface area contributed by atoms with E-state index in [0.29, 0.717) is 55.8 Å². The smallest absolute Gasteiger partial charge is 0.417 e. The van der Waals surface area contributed by atoms with Gasteiger partial charge >= 0.3 is 18.2 Å². The van der Waals surface area contributed by atoms with Gasteiger partial charge in [0.2, 0.25) is 10.0 Å². The van der Waals surface area contributed by atoms with Gasteiger partial charge in [-0.25, -0.2) is 23.0 Å². The Labute approximate surface area is 465 Å². The molecule has 6 N–H and O–H groups in total. The van der Waals surface area contributed by atoms with Crippen molar-refractivity contribution in [3.8, 4) is 0 Å². The number of sulfonamides is 2.